The highest BCUT2D eigenvalue weighted by molar-refractivity contribution is 7.14. The molecule has 0 aliphatic heterocycles. The van der Waals surface area contributed by atoms with Gasteiger partial charge in [0.1, 0.15) is 11.5 Å². The number of thiazole rings is 1. The largest absolute Gasteiger partial charge is 0.296 e. The van der Waals surface area contributed by atoms with E-state index in [-0.39, 0.29) is 11.5 Å². The van der Waals surface area contributed by atoms with E-state index < -0.39 is 0 Å². The molecule has 0 amide bonds. The molecule has 0 spiro atoms. The molecule has 0 bridgehead atoms. The second-order valence-corrected chi connectivity index (χ2v) is 5.68. The predicted molar refractivity (Wildman–Crippen MR) is 77.3 cm³/mol. The summed E-state index contributed by atoms with van der Waals surface area (Å²) < 4.78 is 14.9. The Morgan fingerprint density at radius 3 is 2.76 bits per heavy atom. The van der Waals surface area contributed by atoms with E-state index in [4.69, 9.17) is 0 Å². The Kier molecular flexibility index (Phi) is 3.34. The van der Waals surface area contributed by atoms with Crippen molar-refractivity contribution >= 4 is 17.6 Å². The van der Waals surface area contributed by atoms with Crippen LogP contribution in [0, 0.1) is 19.7 Å². The molecule has 3 aromatic rings. The van der Waals surface area contributed by atoms with Crippen LogP contribution in [-0.2, 0) is 0 Å². The molecule has 0 saturated heterocycles. The maximum atomic E-state index is 13.4. The van der Waals surface area contributed by atoms with Gasteiger partial charge in [-0.15, -0.1) is 5.10 Å². The monoisotopic (exact) mass is 302 g/mol. The molecule has 21 heavy (non-hydrogen) atoms. The smallest absolute Gasteiger partial charge is 0.212 e. The molecule has 1 aromatic carbocycles. The maximum Gasteiger partial charge on any atom is 0.212 e. The molecule has 3 rings (SSSR count). The standard InChI is InChI=1S/C14H11FN4OS/c1-8-9(2)21-14(16-8)19-13(12(7-20)17-18-19)10-4-3-5-11(15)6-10/h3-7H,1-2H3. The van der Waals surface area contributed by atoms with Crippen LogP contribution in [0.4, 0.5) is 4.39 Å². The van der Waals surface area contributed by atoms with E-state index in [0.717, 1.165) is 10.6 Å². The topological polar surface area (TPSA) is 60.7 Å². The fourth-order valence-corrected chi connectivity index (χ4v) is 2.82. The van der Waals surface area contributed by atoms with Crippen LogP contribution in [0.5, 0.6) is 0 Å². The van der Waals surface area contributed by atoms with Crippen molar-refractivity contribution in [2.75, 3.05) is 0 Å². The second-order valence-electron chi connectivity index (χ2n) is 4.50. The number of hydrogen-bond donors (Lipinski definition) is 0. The van der Waals surface area contributed by atoms with Gasteiger partial charge in [-0.25, -0.2) is 9.37 Å². The Morgan fingerprint density at radius 2 is 2.14 bits per heavy atom. The molecular weight excluding hydrogens is 291 g/mol. The average Bonchev–Trinajstić information content (AvgIpc) is 3.03. The zero-order valence-corrected chi connectivity index (χ0v) is 12.2. The van der Waals surface area contributed by atoms with Crippen molar-refractivity contribution in [3.8, 4) is 16.4 Å². The Bertz CT molecular complexity index is 805. The van der Waals surface area contributed by atoms with E-state index in [9.17, 15) is 9.18 Å². The van der Waals surface area contributed by atoms with Crippen molar-refractivity contribution < 1.29 is 9.18 Å². The van der Waals surface area contributed by atoms with Gasteiger partial charge >= 0.3 is 0 Å². The number of rotatable bonds is 3. The first-order valence-corrected chi connectivity index (χ1v) is 7.03. The van der Waals surface area contributed by atoms with Gasteiger partial charge in [-0.3, -0.25) is 4.79 Å². The Hall–Kier alpha value is -2.41. The van der Waals surface area contributed by atoms with Crippen molar-refractivity contribution in [3.63, 3.8) is 0 Å². The van der Waals surface area contributed by atoms with E-state index in [1.54, 1.807) is 12.1 Å². The van der Waals surface area contributed by atoms with E-state index in [1.165, 1.54) is 28.2 Å². The first-order valence-electron chi connectivity index (χ1n) is 6.21. The first kappa shape index (κ1) is 13.6. The van der Waals surface area contributed by atoms with E-state index in [1.807, 2.05) is 13.8 Å². The van der Waals surface area contributed by atoms with Gasteiger partial charge in [-0.05, 0) is 26.0 Å². The fourth-order valence-electron chi connectivity index (χ4n) is 1.96. The Labute approximate surface area is 124 Å². The highest BCUT2D eigenvalue weighted by atomic mass is 32.1. The number of halogens is 1. The van der Waals surface area contributed by atoms with Crippen LogP contribution in [0.1, 0.15) is 21.1 Å². The highest BCUT2D eigenvalue weighted by Crippen LogP contribution is 2.28. The first-order chi connectivity index (χ1) is 10.1. The maximum absolute atomic E-state index is 13.4. The Balaban J connectivity index is 2.23. The lowest BCUT2D eigenvalue weighted by Gasteiger charge is -2.04. The zero-order chi connectivity index (χ0) is 15.0. The minimum absolute atomic E-state index is 0.158. The van der Waals surface area contributed by atoms with Crippen molar-refractivity contribution in [3.05, 3.63) is 46.3 Å². The third kappa shape index (κ3) is 2.36. The van der Waals surface area contributed by atoms with Gasteiger partial charge < -0.3 is 0 Å². The summed E-state index contributed by atoms with van der Waals surface area (Å²) in [4.78, 5) is 16.6. The normalized spacial score (nSPS) is 10.8. The molecule has 0 aliphatic carbocycles. The number of carbonyl (C=O) groups is 1. The minimum Gasteiger partial charge on any atom is -0.296 e. The van der Waals surface area contributed by atoms with Gasteiger partial charge in [-0.2, -0.15) is 4.68 Å². The molecule has 0 radical (unpaired) electrons. The summed E-state index contributed by atoms with van der Waals surface area (Å²) in [5.41, 5.74) is 2.03. The predicted octanol–water partition coefficient (Wildman–Crippen LogP) is 2.96. The molecule has 0 fully saturated rings. The summed E-state index contributed by atoms with van der Waals surface area (Å²) >= 11 is 1.44. The van der Waals surface area contributed by atoms with Crippen molar-refractivity contribution in [1.29, 1.82) is 0 Å². The summed E-state index contributed by atoms with van der Waals surface area (Å²) in [5.74, 6) is -0.386. The van der Waals surface area contributed by atoms with Crippen molar-refractivity contribution in [2.45, 2.75) is 13.8 Å². The van der Waals surface area contributed by atoms with E-state index in [2.05, 4.69) is 15.3 Å². The van der Waals surface area contributed by atoms with Crippen LogP contribution in [0.25, 0.3) is 16.4 Å². The molecule has 0 saturated carbocycles. The Morgan fingerprint density at radius 1 is 1.33 bits per heavy atom. The van der Waals surface area contributed by atoms with E-state index in [0.29, 0.717) is 22.7 Å². The number of nitrogens with zero attached hydrogens (tertiary/aromatic N) is 4. The van der Waals surface area contributed by atoms with Crippen LogP contribution in [0.2, 0.25) is 0 Å². The lowest BCUT2D eigenvalue weighted by molar-refractivity contribution is 0.111. The number of aromatic nitrogens is 4. The molecular formula is C14H11FN4OS. The second kappa shape index (κ2) is 5.17. The van der Waals surface area contributed by atoms with Crippen LogP contribution in [-0.4, -0.2) is 26.3 Å². The third-order valence-corrected chi connectivity index (χ3v) is 4.15. The van der Waals surface area contributed by atoms with Gasteiger partial charge in [0.2, 0.25) is 5.13 Å². The highest BCUT2D eigenvalue weighted by Gasteiger charge is 2.19. The quantitative estimate of drug-likeness (QED) is 0.698. The minimum atomic E-state index is -0.386. The summed E-state index contributed by atoms with van der Waals surface area (Å²) in [6, 6.07) is 5.97. The van der Waals surface area contributed by atoms with Crippen molar-refractivity contribution in [1.82, 2.24) is 20.0 Å². The summed E-state index contributed by atoms with van der Waals surface area (Å²) in [5, 5.41) is 8.43. The number of benzene rings is 1. The fraction of sp³-hybridized carbons (Fsp3) is 0.143. The average molecular weight is 302 g/mol. The molecule has 0 N–H and O–H groups in total. The van der Waals surface area contributed by atoms with Gasteiger partial charge in [0.05, 0.1) is 5.69 Å². The molecule has 7 heteroatoms. The van der Waals surface area contributed by atoms with Crippen molar-refractivity contribution in [2.24, 2.45) is 0 Å². The third-order valence-electron chi connectivity index (χ3n) is 3.10. The number of aldehydes is 1. The molecule has 0 aliphatic rings. The summed E-state index contributed by atoms with van der Waals surface area (Å²) in [6.07, 6.45) is 0.608. The molecule has 106 valence electrons. The van der Waals surface area contributed by atoms with Gasteiger partial charge in [0, 0.05) is 10.4 Å². The number of hydrogen-bond acceptors (Lipinski definition) is 5. The lowest BCUT2D eigenvalue weighted by Crippen LogP contribution is -2.00. The molecule has 0 unspecified atom stereocenters. The summed E-state index contributed by atoms with van der Waals surface area (Å²) in [7, 11) is 0. The van der Waals surface area contributed by atoms with E-state index >= 15 is 0 Å². The molecule has 2 heterocycles. The van der Waals surface area contributed by atoms with Gasteiger partial charge in [0.15, 0.2) is 12.0 Å². The van der Waals surface area contributed by atoms with Gasteiger partial charge in [-0.1, -0.05) is 28.7 Å². The van der Waals surface area contributed by atoms with Crippen LogP contribution >= 0.6 is 11.3 Å². The molecule has 2 aromatic heterocycles. The number of aryl methyl sites for hydroxylation is 2. The van der Waals surface area contributed by atoms with Crippen LogP contribution < -0.4 is 0 Å². The zero-order valence-electron chi connectivity index (χ0n) is 11.4. The SMILES string of the molecule is Cc1nc(-n2nnc(C=O)c2-c2cccc(F)c2)sc1C. The molecule has 0 atom stereocenters. The van der Waals surface area contributed by atoms with Gasteiger partial charge in [0.25, 0.3) is 0 Å². The summed E-state index contributed by atoms with van der Waals surface area (Å²) in [6.45, 7) is 3.85. The van der Waals surface area contributed by atoms with Crippen LogP contribution in [0.15, 0.2) is 24.3 Å². The lowest BCUT2D eigenvalue weighted by atomic mass is 10.1. The van der Waals surface area contributed by atoms with Crippen LogP contribution in [0.3, 0.4) is 0 Å². The number of carbonyl (C=O) groups excluding carboxylic acids is 1. The molecule has 5 nitrogen and oxygen atoms in total.